The topological polar surface area (TPSA) is 43.4 Å². The van der Waals surface area contributed by atoms with Gasteiger partial charge in [-0.1, -0.05) is 36.4 Å². The lowest BCUT2D eigenvalue weighted by Crippen LogP contribution is -2.28. The van der Waals surface area contributed by atoms with E-state index in [0.717, 1.165) is 31.6 Å². The van der Waals surface area contributed by atoms with Crippen LogP contribution in [0.5, 0.6) is 5.75 Å². The van der Waals surface area contributed by atoms with Crippen molar-refractivity contribution in [2.24, 2.45) is 0 Å². The lowest BCUT2D eigenvalue weighted by Gasteiger charge is -2.12. The Balaban J connectivity index is 1.91. The van der Waals surface area contributed by atoms with Gasteiger partial charge < -0.3 is 4.18 Å². The number of rotatable bonds is 2. The summed E-state index contributed by atoms with van der Waals surface area (Å²) >= 11 is 1.39. The van der Waals surface area contributed by atoms with Gasteiger partial charge in [-0.05, 0) is 39.7 Å². The average Bonchev–Trinajstić information content (AvgIpc) is 2.98. The fourth-order valence-corrected chi connectivity index (χ4v) is 5.16. The van der Waals surface area contributed by atoms with Gasteiger partial charge in [0, 0.05) is 20.2 Å². The third kappa shape index (κ3) is 2.30. The number of fused-ring (bicyclic) bond motifs is 3. The van der Waals surface area contributed by atoms with Gasteiger partial charge in [-0.3, -0.25) is 0 Å². The largest absolute Gasteiger partial charge is 0.534 e. The van der Waals surface area contributed by atoms with E-state index >= 15 is 0 Å². The molecule has 0 bridgehead atoms. The first-order valence-corrected chi connectivity index (χ1v) is 10.1. The van der Waals surface area contributed by atoms with Crippen LogP contribution < -0.4 is 4.18 Å². The molecule has 0 aliphatic carbocycles. The number of benzene rings is 4. The Morgan fingerprint density at radius 3 is 2.11 bits per heavy atom. The molecule has 0 saturated heterocycles. The first-order chi connectivity index (χ1) is 12.8. The van der Waals surface area contributed by atoms with Gasteiger partial charge in [-0.2, -0.15) is 21.6 Å². The highest BCUT2D eigenvalue weighted by molar-refractivity contribution is 7.88. The third-order valence-corrected chi connectivity index (χ3v) is 6.65. The summed E-state index contributed by atoms with van der Waals surface area (Å²) in [5.41, 5.74) is -5.48. The first-order valence-electron chi connectivity index (χ1n) is 7.86. The van der Waals surface area contributed by atoms with Gasteiger partial charge in [-0.15, -0.1) is 11.3 Å². The number of hydrogen-bond acceptors (Lipinski definition) is 4. The van der Waals surface area contributed by atoms with Crippen molar-refractivity contribution in [2.45, 2.75) is 5.51 Å². The number of hydrogen-bond donors (Lipinski definition) is 0. The summed E-state index contributed by atoms with van der Waals surface area (Å²) < 4.78 is 67.1. The normalized spacial score (nSPS) is 13.3. The van der Waals surface area contributed by atoms with E-state index in [-0.39, 0.29) is 5.75 Å². The van der Waals surface area contributed by atoms with Gasteiger partial charge in [0.2, 0.25) is 0 Å². The Hall–Kier alpha value is -2.58. The SMILES string of the molecule is O=S(=O)(Oc1cc2sc3cccc4c5ccccc5c(c1)c2c34)C(F)(F)F. The molecule has 0 amide bonds. The van der Waals surface area contributed by atoms with Crippen LogP contribution >= 0.6 is 11.3 Å². The van der Waals surface area contributed by atoms with Crippen LogP contribution in [0.2, 0.25) is 0 Å². The molecule has 0 unspecified atom stereocenters. The van der Waals surface area contributed by atoms with Gasteiger partial charge in [0.25, 0.3) is 0 Å². The smallest absolute Gasteiger partial charge is 0.376 e. The molecule has 8 heteroatoms. The van der Waals surface area contributed by atoms with Crippen molar-refractivity contribution in [3.8, 4) is 5.75 Å². The molecule has 1 aromatic heterocycles. The maximum atomic E-state index is 12.7. The summed E-state index contributed by atoms with van der Waals surface area (Å²) in [6.45, 7) is 0. The van der Waals surface area contributed by atoms with Crippen LogP contribution in [0.25, 0.3) is 41.7 Å². The summed E-state index contributed by atoms with van der Waals surface area (Å²) in [6, 6.07) is 16.1. The number of thiophene rings is 1. The molecule has 136 valence electrons. The zero-order valence-electron chi connectivity index (χ0n) is 13.4. The molecule has 0 spiro atoms. The molecular formula is C19H9F3O3S2. The van der Waals surface area contributed by atoms with E-state index < -0.39 is 15.6 Å². The molecule has 0 radical (unpaired) electrons. The predicted octanol–water partition coefficient (Wildman–Crippen LogP) is 6.03. The summed E-state index contributed by atoms with van der Waals surface area (Å²) in [7, 11) is -5.73. The van der Waals surface area contributed by atoms with Crippen LogP contribution in [0.1, 0.15) is 0 Å². The van der Waals surface area contributed by atoms with Crippen molar-refractivity contribution in [3.63, 3.8) is 0 Å². The van der Waals surface area contributed by atoms with E-state index in [4.69, 9.17) is 0 Å². The average molecular weight is 406 g/mol. The standard InChI is InChI=1S/C19H9F3O3S2/c20-19(21,22)27(23,24)25-10-8-14-12-5-2-1-4-11(12)13-6-3-7-15-17(13)18(14)16(9-10)26-15/h1-9H. The van der Waals surface area contributed by atoms with Gasteiger partial charge >= 0.3 is 15.6 Å². The van der Waals surface area contributed by atoms with E-state index in [1.165, 1.54) is 23.5 Å². The first kappa shape index (κ1) is 16.6. The van der Waals surface area contributed by atoms with Crippen LogP contribution in [0.3, 0.4) is 0 Å². The van der Waals surface area contributed by atoms with E-state index in [0.29, 0.717) is 10.1 Å². The molecule has 5 rings (SSSR count). The third-order valence-electron chi connectivity index (χ3n) is 4.57. The Labute approximate surface area is 155 Å². The monoisotopic (exact) mass is 406 g/mol. The van der Waals surface area contributed by atoms with Gasteiger partial charge in [-0.25, -0.2) is 0 Å². The predicted molar refractivity (Wildman–Crippen MR) is 101 cm³/mol. The van der Waals surface area contributed by atoms with Crippen molar-refractivity contribution in [1.82, 2.24) is 0 Å². The molecule has 27 heavy (non-hydrogen) atoms. The summed E-state index contributed by atoms with van der Waals surface area (Å²) in [5, 5.41) is 5.43. The van der Waals surface area contributed by atoms with Crippen LogP contribution in [-0.4, -0.2) is 13.9 Å². The number of alkyl halides is 3. The second kappa shape index (κ2) is 5.24. The Kier molecular flexibility index (Phi) is 3.22. The molecule has 0 aliphatic heterocycles. The molecule has 0 fully saturated rings. The zero-order chi connectivity index (χ0) is 19.0. The highest BCUT2D eigenvalue weighted by atomic mass is 32.2. The fourth-order valence-electron chi connectivity index (χ4n) is 3.53. The van der Waals surface area contributed by atoms with E-state index in [1.807, 2.05) is 42.5 Å². The minimum absolute atomic E-state index is 0.348. The molecular weight excluding hydrogens is 397 g/mol. The molecule has 0 saturated carbocycles. The highest BCUT2D eigenvalue weighted by Gasteiger charge is 2.48. The van der Waals surface area contributed by atoms with Gasteiger partial charge in [0.1, 0.15) is 5.75 Å². The molecule has 4 aromatic carbocycles. The van der Waals surface area contributed by atoms with Crippen molar-refractivity contribution < 1.29 is 25.8 Å². The van der Waals surface area contributed by atoms with Crippen LogP contribution in [-0.2, 0) is 10.1 Å². The van der Waals surface area contributed by atoms with Crippen molar-refractivity contribution >= 4 is 63.2 Å². The molecule has 5 aromatic rings. The van der Waals surface area contributed by atoms with Crippen LogP contribution in [0.4, 0.5) is 13.2 Å². The Morgan fingerprint density at radius 2 is 1.41 bits per heavy atom. The Bertz CT molecular complexity index is 1450. The summed E-state index contributed by atoms with van der Waals surface area (Å²) in [4.78, 5) is 0. The van der Waals surface area contributed by atoms with Crippen LogP contribution in [0, 0.1) is 0 Å². The van der Waals surface area contributed by atoms with Gasteiger partial charge in [0.05, 0.1) is 0 Å². The fraction of sp³-hybridized carbons (Fsp3) is 0.0526. The maximum Gasteiger partial charge on any atom is 0.534 e. The molecule has 1 heterocycles. The lowest BCUT2D eigenvalue weighted by molar-refractivity contribution is -0.0500. The summed E-state index contributed by atoms with van der Waals surface area (Å²) in [5.74, 6) is -0.348. The van der Waals surface area contributed by atoms with Crippen molar-refractivity contribution in [3.05, 3.63) is 54.6 Å². The summed E-state index contributed by atoms with van der Waals surface area (Å²) in [6.07, 6.45) is 0. The van der Waals surface area contributed by atoms with Crippen LogP contribution in [0.15, 0.2) is 54.6 Å². The number of halogens is 3. The molecule has 0 atom stereocenters. The second-order valence-corrected chi connectivity index (χ2v) is 8.78. The molecule has 3 nitrogen and oxygen atoms in total. The Morgan fingerprint density at radius 1 is 0.778 bits per heavy atom. The van der Waals surface area contributed by atoms with E-state index in [9.17, 15) is 21.6 Å². The molecule has 0 aliphatic rings. The highest BCUT2D eigenvalue weighted by Crippen LogP contribution is 2.46. The van der Waals surface area contributed by atoms with E-state index in [1.54, 1.807) is 0 Å². The lowest BCUT2D eigenvalue weighted by atomic mass is 9.94. The molecule has 0 N–H and O–H groups in total. The second-order valence-electron chi connectivity index (χ2n) is 6.15. The zero-order valence-corrected chi connectivity index (χ0v) is 15.0. The maximum absolute atomic E-state index is 12.7. The van der Waals surface area contributed by atoms with Gasteiger partial charge in [0.15, 0.2) is 0 Å². The quantitative estimate of drug-likeness (QED) is 0.204. The van der Waals surface area contributed by atoms with Crippen molar-refractivity contribution in [2.75, 3.05) is 0 Å². The van der Waals surface area contributed by atoms with E-state index in [2.05, 4.69) is 4.18 Å². The minimum Gasteiger partial charge on any atom is -0.376 e. The minimum atomic E-state index is -5.73. The van der Waals surface area contributed by atoms with Crippen molar-refractivity contribution in [1.29, 1.82) is 0 Å².